The molecule has 48 heavy (non-hydrogen) atoms. The van der Waals surface area contributed by atoms with E-state index in [1.165, 1.54) is 0 Å². The monoisotopic (exact) mass is 636 g/mol. The molecule has 0 saturated carbocycles. The first kappa shape index (κ1) is 10.6. The molecule has 0 unspecified atom stereocenters. The van der Waals surface area contributed by atoms with Gasteiger partial charge in [0.15, 0.2) is 0 Å². The van der Waals surface area contributed by atoms with E-state index in [-0.39, 0.29) is 0 Å². The molecule has 222 valence electrons. The van der Waals surface area contributed by atoms with Crippen LogP contribution in [0, 0.1) is 0 Å². The van der Waals surface area contributed by atoms with E-state index in [0.29, 0.717) is 0 Å². The number of hydrogen-bond acceptors (Lipinski definition) is 0. The van der Waals surface area contributed by atoms with E-state index in [4.69, 9.17) is 24.7 Å². The molecule has 0 aliphatic carbocycles. The van der Waals surface area contributed by atoms with Crippen molar-refractivity contribution >= 4 is 64.6 Å². The minimum absolute atomic E-state index is 0.607. The van der Waals surface area contributed by atoms with Crippen LogP contribution in [0.4, 0.5) is 0 Å². The summed E-state index contributed by atoms with van der Waals surface area (Å²) in [5.74, 6) is 0. The maximum atomic E-state index is 10.3. The smallest absolute Gasteiger partial charge is 0.0616 e. The van der Waals surface area contributed by atoms with Crippen LogP contribution in [0.2, 0.25) is 0 Å². The fourth-order valence-electron chi connectivity index (χ4n) is 5.91. The molecule has 0 aromatic heterocycles. The third-order valence-corrected chi connectivity index (χ3v) is 7.94. The van der Waals surface area contributed by atoms with Gasteiger partial charge in [0.2, 0.25) is 0 Å². The standard InChI is InChI=1S/C48H30/c1-2-14-33-28-36(25-24-31(33)12-1)47-42-21-9-10-22-43(42)48(45-29-34-15-4-6-18-39(34)40-19-7-8-20-41(40)45)44-27-26-35(30-46(44)47)38-23-11-16-32-13-3-5-17-37(32)38/h1-30H/i1D,2D,3D,4D,5D,6D,7D,8D,9D,10D,11D,12D,13D,14D,15D,16D,17D,18D,19D,20D,21D,22D,23D,24D,25D,26D,27D,28D,29D,30D. The second-order valence-electron chi connectivity index (χ2n) is 10.5. The van der Waals surface area contributed by atoms with Crippen molar-refractivity contribution in [2.75, 3.05) is 0 Å². The summed E-state index contributed by atoms with van der Waals surface area (Å²) in [6.07, 6.45) is 0. The lowest BCUT2D eigenvalue weighted by Crippen LogP contribution is -1.93. The Morgan fingerprint density at radius 2 is 0.812 bits per heavy atom. The van der Waals surface area contributed by atoms with Gasteiger partial charge in [-0.3, -0.25) is 0 Å². The molecule has 0 atom stereocenters. The lowest BCUT2D eigenvalue weighted by Gasteiger charge is -2.21. The molecule has 0 N–H and O–H groups in total. The Morgan fingerprint density at radius 1 is 0.250 bits per heavy atom. The molecule has 0 radical (unpaired) electrons. The zero-order chi connectivity index (χ0) is 57.7. The second-order valence-corrected chi connectivity index (χ2v) is 10.5. The topological polar surface area (TPSA) is 0 Å². The van der Waals surface area contributed by atoms with Gasteiger partial charge in [0.25, 0.3) is 0 Å². The highest BCUT2D eigenvalue weighted by atomic mass is 14.2. The Labute approximate surface area is 321 Å². The highest BCUT2D eigenvalue weighted by Gasteiger charge is 2.20. The number of rotatable bonds is 3. The highest BCUT2D eigenvalue weighted by molar-refractivity contribution is 6.26. The van der Waals surface area contributed by atoms with Gasteiger partial charge < -0.3 is 0 Å². The van der Waals surface area contributed by atoms with Gasteiger partial charge in [-0.05, 0) is 116 Å². The Hall–Kier alpha value is -6.24. The second kappa shape index (κ2) is 10.7. The zero-order valence-corrected chi connectivity index (χ0v) is 24.0. The lowest BCUT2D eigenvalue weighted by molar-refractivity contribution is 1.66. The van der Waals surface area contributed by atoms with E-state index in [1.54, 1.807) is 0 Å². The van der Waals surface area contributed by atoms with Crippen LogP contribution in [0.1, 0.15) is 41.1 Å². The van der Waals surface area contributed by atoms with Gasteiger partial charge in [0.1, 0.15) is 0 Å². The fourth-order valence-corrected chi connectivity index (χ4v) is 5.91. The van der Waals surface area contributed by atoms with Crippen molar-refractivity contribution < 1.29 is 41.1 Å². The minimum atomic E-state index is -1.17. The zero-order valence-electron chi connectivity index (χ0n) is 54.0. The predicted molar refractivity (Wildman–Crippen MR) is 208 cm³/mol. The maximum Gasteiger partial charge on any atom is 0.0636 e. The number of benzene rings is 10. The lowest BCUT2D eigenvalue weighted by atomic mass is 9.82. The highest BCUT2D eigenvalue weighted by Crippen LogP contribution is 2.48. The summed E-state index contributed by atoms with van der Waals surface area (Å²) in [5, 5.41) is -8.99. The van der Waals surface area contributed by atoms with Crippen molar-refractivity contribution in [1.29, 1.82) is 0 Å². The van der Waals surface area contributed by atoms with Crippen molar-refractivity contribution in [1.82, 2.24) is 0 Å². The number of fused-ring (bicyclic) bond motifs is 7. The quantitative estimate of drug-likeness (QED) is 0.134. The Bertz CT molecular complexity index is 4590. The molecule has 0 heterocycles. The molecular formula is C48H30. The SMILES string of the molecule is [2H]c1c([2H])c([2H])c2c([2H])c(-c3c4c([2H])c([2H])c([2H])c([2H])c4c(-c4c([2H])c5c([2H])c([2H])c([2H])c([2H])c5c5c([2H])c([2H])c([2H])c([2H])c45)c4c([2H])c([2H])c(-c5c([2H])c([2H])c([2H])c6c([2H])c([2H])c([2H])c([2H])c56)c([2H])c34)c([2H])c([2H])c2c1[2H]. The third kappa shape index (κ3) is 4.10. The van der Waals surface area contributed by atoms with Crippen LogP contribution >= 0.6 is 0 Å². The molecule has 10 aromatic rings. The van der Waals surface area contributed by atoms with E-state index in [0.717, 1.165) is 0 Å². The molecule has 0 aliphatic rings. The molecule has 10 rings (SSSR count). The summed E-state index contributed by atoms with van der Waals surface area (Å²) in [4.78, 5) is 0. The van der Waals surface area contributed by atoms with Crippen LogP contribution in [0.3, 0.4) is 0 Å². The first-order chi connectivity index (χ1) is 36.3. The minimum Gasteiger partial charge on any atom is -0.0616 e. The van der Waals surface area contributed by atoms with Crippen LogP contribution in [0.25, 0.3) is 98.0 Å². The van der Waals surface area contributed by atoms with E-state index >= 15 is 0 Å². The molecule has 0 amide bonds. The summed E-state index contributed by atoms with van der Waals surface area (Å²) in [6, 6.07) is -29.7. The van der Waals surface area contributed by atoms with E-state index in [9.17, 15) is 16.4 Å². The van der Waals surface area contributed by atoms with Gasteiger partial charge in [0.05, 0.1) is 41.1 Å². The summed E-state index contributed by atoms with van der Waals surface area (Å²) in [5.41, 5.74) is -5.22. The van der Waals surface area contributed by atoms with Gasteiger partial charge in [-0.25, -0.2) is 0 Å². The summed E-state index contributed by atoms with van der Waals surface area (Å²) in [7, 11) is 0. The Kier molecular flexibility index (Phi) is 2.36. The molecular weight excluding hydrogens is 577 g/mol. The van der Waals surface area contributed by atoms with Crippen LogP contribution < -0.4 is 0 Å². The molecule has 10 aromatic carbocycles. The van der Waals surface area contributed by atoms with Crippen molar-refractivity contribution in [3.8, 4) is 33.4 Å². The fraction of sp³-hybridized carbons (Fsp3) is 0. The molecule has 0 heteroatoms. The molecule has 0 aliphatic heterocycles. The van der Waals surface area contributed by atoms with Crippen LogP contribution in [0.5, 0.6) is 0 Å². The maximum absolute atomic E-state index is 10.3. The first-order valence-corrected chi connectivity index (χ1v) is 14.2. The van der Waals surface area contributed by atoms with Gasteiger partial charge in [0, 0.05) is 0 Å². The van der Waals surface area contributed by atoms with E-state index < -0.39 is 279 Å². The van der Waals surface area contributed by atoms with Crippen LogP contribution in [0.15, 0.2) is 181 Å². The molecule has 0 fully saturated rings. The summed E-state index contributed by atoms with van der Waals surface area (Å²) < 4.78 is 274. The average Bonchev–Trinajstić information content (AvgIpc) is 3.43. The number of hydrogen-bond donors (Lipinski definition) is 0. The molecule has 0 nitrogen and oxygen atoms in total. The van der Waals surface area contributed by atoms with Gasteiger partial charge >= 0.3 is 0 Å². The van der Waals surface area contributed by atoms with Crippen molar-refractivity contribution in [2.24, 2.45) is 0 Å². The van der Waals surface area contributed by atoms with E-state index in [2.05, 4.69) is 0 Å². The Morgan fingerprint density at radius 3 is 1.62 bits per heavy atom. The Balaban J connectivity index is 1.66. The largest absolute Gasteiger partial charge is 0.0636 e. The average molecular weight is 637 g/mol. The van der Waals surface area contributed by atoms with Crippen molar-refractivity contribution in [2.45, 2.75) is 0 Å². The van der Waals surface area contributed by atoms with Crippen molar-refractivity contribution in [3.63, 3.8) is 0 Å². The van der Waals surface area contributed by atoms with Crippen molar-refractivity contribution in [3.05, 3.63) is 181 Å². The molecule has 0 saturated heterocycles. The van der Waals surface area contributed by atoms with Crippen LogP contribution in [-0.2, 0) is 0 Å². The van der Waals surface area contributed by atoms with Gasteiger partial charge in [-0.15, -0.1) is 0 Å². The molecule has 0 spiro atoms. The first-order valence-electron chi connectivity index (χ1n) is 29.2. The van der Waals surface area contributed by atoms with Gasteiger partial charge in [-0.1, -0.05) is 163 Å². The predicted octanol–water partition coefficient (Wildman–Crippen LogP) is 13.6. The third-order valence-electron chi connectivity index (χ3n) is 7.94. The van der Waals surface area contributed by atoms with Gasteiger partial charge in [-0.2, -0.15) is 0 Å². The van der Waals surface area contributed by atoms with E-state index in [1.807, 2.05) is 0 Å². The summed E-state index contributed by atoms with van der Waals surface area (Å²) in [6.45, 7) is 0. The molecule has 0 bridgehead atoms. The summed E-state index contributed by atoms with van der Waals surface area (Å²) >= 11 is 0. The normalized spacial score (nSPS) is 20.5. The van der Waals surface area contributed by atoms with Crippen LogP contribution in [-0.4, -0.2) is 0 Å².